The second-order valence-electron chi connectivity index (χ2n) is 5.35. The minimum absolute atomic E-state index is 0.169. The van der Waals surface area contributed by atoms with E-state index in [2.05, 4.69) is 45.8 Å². The Labute approximate surface area is 139 Å². The van der Waals surface area contributed by atoms with E-state index in [9.17, 15) is 4.79 Å². The van der Waals surface area contributed by atoms with Gasteiger partial charge in [0.25, 0.3) is 5.91 Å². The highest BCUT2D eigenvalue weighted by atomic mass is 127. The topological polar surface area (TPSA) is 41.5 Å². The molecule has 0 unspecified atom stereocenters. The number of amides is 1. The van der Waals surface area contributed by atoms with E-state index in [0.29, 0.717) is 11.5 Å². The minimum atomic E-state index is -0.169. The van der Waals surface area contributed by atoms with Crippen molar-refractivity contribution in [3.63, 3.8) is 0 Å². The highest BCUT2D eigenvalue weighted by Crippen LogP contribution is 2.26. The number of hydrogen-bond acceptors (Lipinski definition) is 2. The number of hydrazone groups is 1. The third-order valence-electron chi connectivity index (χ3n) is 3.71. The number of nitrogens with zero attached hydrogens (tertiary/aromatic N) is 1. The average molecular weight is 394 g/mol. The van der Waals surface area contributed by atoms with Crippen molar-refractivity contribution in [3.05, 3.63) is 57.2 Å². The summed E-state index contributed by atoms with van der Waals surface area (Å²) in [6.45, 7) is 8.10. The van der Waals surface area contributed by atoms with Gasteiger partial charge in [-0.15, -0.1) is 0 Å². The molecule has 1 atom stereocenters. The summed E-state index contributed by atoms with van der Waals surface area (Å²) < 4.78 is 0.920. The van der Waals surface area contributed by atoms with Gasteiger partial charge in [-0.05, 0) is 72.9 Å². The molecule has 1 aliphatic carbocycles. The summed E-state index contributed by atoms with van der Waals surface area (Å²) in [6.07, 6.45) is 4.01. The number of halogens is 1. The van der Waals surface area contributed by atoms with Gasteiger partial charge in [-0.25, -0.2) is 5.43 Å². The van der Waals surface area contributed by atoms with Crippen LogP contribution in [0.3, 0.4) is 0 Å². The van der Waals surface area contributed by atoms with Crippen LogP contribution in [0, 0.1) is 9.49 Å². The molecule has 2 rings (SSSR count). The first kappa shape index (κ1) is 15.9. The van der Waals surface area contributed by atoms with Crippen LogP contribution in [0.1, 0.15) is 37.0 Å². The monoisotopic (exact) mass is 394 g/mol. The molecule has 3 nitrogen and oxygen atoms in total. The lowest BCUT2D eigenvalue weighted by Crippen LogP contribution is -2.23. The Morgan fingerprint density at radius 2 is 2.14 bits per heavy atom. The molecule has 0 aliphatic heterocycles. The second kappa shape index (κ2) is 7.02. The summed E-state index contributed by atoms with van der Waals surface area (Å²) in [5.74, 6) is 0.249. The summed E-state index contributed by atoms with van der Waals surface area (Å²) >= 11 is 2.15. The molecule has 0 saturated carbocycles. The number of carbonyl (C=O) groups is 1. The van der Waals surface area contributed by atoms with Gasteiger partial charge in [0.05, 0.1) is 11.3 Å². The molecule has 0 spiro atoms. The molecule has 1 N–H and O–H groups in total. The Morgan fingerprint density at radius 3 is 2.81 bits per heavy atom. The third-order valence-corrected chi connectivity index (χ3v) is 4.65. The largest absolute Gasteiger partial charge is 0.272 e. The van der Waals surface area contributed by atoms with Crippen molar-refractivity contribution in [3.8, 4) is 0 Å². The number of carbonyl (C=O) groups excluding carboxylic acids is 1. The van der Waals surface area contributed by atoms with E-state index < -0.39 is 0 Å². The third kappa shape index (κ3) is 4.03. The predicted molar refractivity (Wildman–Crippen MR) is 95.4 cm³/mol. The molecule has 0 fully saturated rings. The molecule has 0 heterocycles. The van der Waals surface area contributed by atoms with Gasteiger partial charge in [-0.1, -0.05) is 30.4 Å². The Kier molecular flexibility index (Phi) is 5.33. The van der Waals surface area contributed by atoms with Gasteiger partial charge in [0.1, 0.15) is 0 Å². The van der Waals surface area contributed by atoms with Gasteiger partial charge >= 0.3 is 0 Å². The van der Waals surface area contributed by atoms with Crippen LogP contribution in [0.25, 0.3) is 0 Å². The summed E-state index contributed by atoms with van der Waals surface area (Å²) in [5, 5.41) is 4.32. The maximum absolute atomic E-state index is 12.2. The SMILES string of the molecule is C=C(C)[C@H]1CC=C(C)C(=NNC(=O)c2ccccc2I)C1. The minimum Gasteiger partial charge on any atom is -0.267 e. The Balaban J connectivity index is 2.12. The highest BCUT2D eigenvalue weighted by Gasteiger charge is 2.19. The molecule has 0 aromatic heterocycles. The van der Waals surface area contributed by atoms with Crippen molar-refractivity contribution < 1.29 is 4.79 Å². The number of allylic oxidation sites excluding steroid dienone is 3. The van der Waals surface area contributed by atoms with Crippen molar-refractivity contribution in [2.24, 2.45) is 11.0 Å². The van der Waals surface area contributed by atoms with E-state index in [1.807, 2.05) is 32.0 Å². The van der Waals surface area contributed by atoms with Crippen LogP contribution in [0.4, 0.5) is 0 Å². The van der Waals surface area contributed by atoms with E-state index in [1.54, 1.807) is 6.07 Å². The van der Waals surface area contributed by atoms with Crippen molar-refractivity contribution in [1.29, 1.82) is 0 Å². The Morgan fingerprint density at radius 1 is 1.43 bits per heavy atom. The Hall–Kier alpha value is -1.43. The average Bonchev–Trinajstić information content (AvgIpc) is 2.46. The van der Waals surface area contributed by atoms with Gasteiger partial charge in [0.2, 0.25) is 0 Å². The number of nitrogens with one attached hydrogen (secondary N) is 1. The maximum Gasteiger partial charge on any atom is 0.272 e. The Bertz CT molecular complexity index is 631. The zero-order valence-corrected chi connectivity index (χ0v) is 14.5. The molecule has 1 amide bonds. The molecule has 4 heteroatoms. The van der Waals surface area contributed by atoms with E-state index in [4.69, 9.17) is 0 Å². The first-order valence-electron chi connectivity index (χ1n) is 6.93. The quantitative estimate of drug-likeness (QED) is 0.463. The van der Waals surface area contributed by atoms with Crippen LogP contribution in [0.5, 0.6) is 0 Å². The first-order valence-corrected chi connectivity index (χ1v) is 8.01. The van der Waals surface area contributed by atoms with E-state index in [-0.39, 0.29) is 5.91 Å². The lowest BCUT2D eigenvalue weighted by molar-refractivity contribution is 0.0954. The number of benzene rings is 1. The molecule has 0 bridgehead atoms. The summed E-state index contributed by atoms with van der Waals surface area (Å²) in [5.41, 5.74) is 6.56. The molecule has 1 aliphatic rings. The molecule has 1 aromatic carbocycles. The van der Waals surface area contributed by atoms with Crippen LogP contribution in [0.2, 0.25) is 0 Å². The summed E-state index contributed by atoms with van der Waals surface area (Å²) in [4.78, 5) is 12.2. The van der Waals surface area contributed by atoms with Crippen LogP contribution >= 0.6 is 22.6 Å². The van der Waals surface area contributed by atoms with Crippen molar-refractivity contribution in [2.45, 2.75) is 26.7 Å². The summed E-state index contributed by atoms with van der Waals surface area (Å²) in [6, 6.07) is 7.48. The lowest BCUT2D eigenvalue weighted by Gasteiger charge is -2.22. The highest BCUT2D eigenvalue weighted by molar-refractivity contribution is 14.1. The first-order chi connectivity index (χ1) is 9.99. The van der Waals surface area contributed by atoms with E-state index in [0.717, 1.165) is 33.3 Å². The molecule has 0 radical (unpaired) electrons. The van der Waals surface area contributed by atoms with E-state index >= 15 is 0 Å². The van der Waals surface area contributed by atoms with Crippen LogP contribution in [0.15, 0.2) is 53.2 Å². The fourth-order valence-corrected chi connectivity index (χ4v) is 2.88. The van der Waals surface area contributed by atoms with Crippen molar-refractivity contribution >= 4 is 34.2 Å². The molecule has 21 heavy (non-hydrogen) atoms. The van der Waals surface area contributed by atoms with Gasteiger partial charge < -0.3 is 0 Å². The van der Waals surface area contributed by atoms with Gasteiger partial charge in [-0.2, -0.15) is 5.10 Å². The molecule has 110 valence electrons. The van der Waals surface area contributed by atoms with Crippen LogP contribution in [-0.2, 0) is 0 Å². The smallest absolute Gasteiger partial charge is 0.267 e. The van der Waals surface area contributed by atoms with Gasteiger partial charge in [0.15, 0.2) is 0 Å². The lowest BCUT2D eigenvalue weighted by atomic mass is 9.85. The number of hydrogen-bond donors (Lipinski definition) is 1. The molecule has 1 aromatic rings. The van der Waals surface area contributed by atoms with Crippen molar-refractivity contribution in [1.82, 2.24) is 5.43 Å². The standard InChI is InChI=1S/C17H19IN2O/c1-11(2)13-9-8-12(3)16(10-13)19-20-17(21)14-6-4-5-7-15(14)18/h4-8,13H,1,9-10H2,2-3H3,(H,20,21)/t13-/m0/s1. The number of rotatable bonds is 3. The zero-order chi connectivity index (χ0) is 15.4. The van der Waals surface area contributed by atoms with Crippen LogP contribution in [-0.4, -0.2) is 11.6 Å². The molecular weight excluding hydrogens is 375 g/mol. The molecular formula is C17H19IN2O. The predicted octanol–water partition coefficient (Wildman–Crippen LogP) is 4.31. The second-order valence-corrected chi connectivity index (χ2v) is 6.51. The fraction of sp³-hybridized carbons (Fsp3) is 0.294. The van der Waals surface area contributed by atoms with Crippen LogP contribution < -0.4 is 5.43 Å². The van der Waals surface area contributed by atoms with Gasteiger partial charge in [-0.3, -0.25) is 4.79 Å². The van der Waals surface area contributed by atoms with Crippen molar-refractivity contribution in [2.75, 3.05) is 0 Å². The van der Waals surface area contributed by atoms with Gasteiger partial charge in [0, 0.05) is 3.57 Å². The van der Waals surface area contributed by atoms with E-state index in [1.165, 1.54) is 0 Å². The molecule has 0 saturated heterocycles. The zero-order valence-electron chi connectivity index (χ0n) is 12.3. The summed E-state index contributed by atoms with van der Waals surface area (Å²) in [7, 11) is 0. The fourth-order valence-electron chi connectivity index (χ4n) is 2.25. The maximum atomic E-state index is 12.2. The normalized spacial score (nSPS) is 20.0.